The number of nitrogen functional groups attached to an aromatic ring is 1. The van der Waals surface area contributed by atoms with Gasteiger partial charge in [-0.25, -0.2) is 4.98 Å². The molecule has 0 amide bonds. The predicted molar refractivity (Wildman–Crippen MR) is 94.7 cm³/mol. The highest BCUT2D eigenvalue weighted by Crippen LogP contribution is 2.34. The number of benzene rings is 2. The number of hydrogen-bond acceptors (Lipinski definition) is 4. The first-order valence-electron chi connectivity index (χ1n) is 7.26. The molecular formula is C18H14ClN3O. The van der Waals surface area contributed by atoms with Crippen molar-refractivity contribution in [3.05, 3.63) is 65.3 Å². The van der Waals surface area contributed by atoms with E-state index in [-0.39, 0.29) is 0 Å². The van der Waals surface area contributed by atoms with Gasteiger partial charge in [-0.3, -0.25) is 0 Å². The number of aromatic nitrogens is 1. The minimum absolute atomic E-state index is 0.603. The van der Waals surface area contributed by atoms with E-state index in [0.29, 0.717) is 17.9 Å². The van der Waals surface area contributed by atoms with Crippen molar-refractivity contribution >= 4 is 45.0 Å². The molecule has 0 radical (unpaired) electrons. The van der Waals surface area contributed by atoms with Crippen molar-refractivity contribution in [2.24, 2.45) is 0 Å². The fraction of sp³-hybridized carbons (Fsp3) is 0.0556. The molecule has 4 rings (SSSR count). The van der Waals surface area contributed by atoms with Gasteiger partial charge in [-0.15, -0.1) is 0 Å². The fourth-order valence-electron chi connectivity index (χ4n) is 2.66. The summed E-state index contributed by atoms with van der Waals surface area (Å²) in [5, 5.41) is 6.08. The molecule has 23 heavy (non-hydrogen) atoms. The number of fused-ring (bicyclic) bond motifs is 3. The number of halogens is 1. The van der Waals surface area contributed by atoms with Crippen molar-refractivity contribution in [3.8, 4) is 0 Å². The summed E-state index contributed by atoms with van der Waals surface area (Å²) in [5.74, 6) is 0. The molecule has 0 fully saturated rings. The van der Waals surface area contributed by atoms with E-state index in [1.54, 1.807) is 6.20 Å². The minimum Gasteiger partial charge on any atom is -0.438 e. The topological polar surface area (TPSA) is 64.1 Å². The van der Waals surface area contributed by atoms with E-state index < -0.39 is 0 Å². The van der Waals surface area contributed by atoms with E-state index in [2.05, 4.69) is 10.3 Å². The summed E-state index contributed by atoms with van der Waals surface area (Å²) in [6.45, 7) is 0.686. The Bertz CT molecular complexity index is 992. The van der Waals surface area contributed by atoms with Gasteiger partial charge in [0.1, 0.15) is 5.58 Å². The number of anilines is 2. The number of nitrogens with one attached hydrogen (secondary N) is 1. The van der Waals surface area contributed by atoms with E-state index in [1.807, 2.05) is 48.5 Å². The summed E-state index contributed by atoms with van der Waals surface area (Å²) in [4.78, 5) is 4.31. The lowest BCUT2D eigenvalue weighted by atomic mass is 10.1. The van der Waals surface area contributed by atoms with E-state index in [9.17, 15) is 0 Å². The normalized spacial score (nSPS) is 11.2. The van der Waals surface area contributed by atoms with Gasteiger partial charge < -0.3 is 15.5 Å². The molecular weight excluding hydrogens is 310 g/mol. The van der Waals surface area contributed by atoms with Gasteiger partial charge in [0, 0.05) is 34.5 Å². The van der Waals surface area contributed by atoms with Gasteiger partial charge in [0.05, 0.1) is 5.39 Å². The van der Waals surface area contributed by atoms with Gasteiger partial charge in [0.15, 0.2) is 0 Å². The quantitative estimate of drug-likeness (QED) is 0.530. The molecule has 0 saturated heterocycles. The maximum absolute atomic E-state index is 5.92. The monoisotopic (exact) mass is 323 g/mol. The maximum Gasteiger partial charge on any atom is 0.229 e. The van der Waals surface area contributed by atoms with Crippen molar-refractivity contribution in [3.63, 3.8) is 0 Å². The molecule has 3 N–H and O–H groups in total. The molecule has 4 nitrogen and oxygen atoms in total. The molecule has 0 saturated carbocycles. The summed E-state index contributed by atoms with van der Waals surface area (Å²) in [7, 11) is 0. The molecule has 0 atom stereocenters. The molecule has 2 aromatic heterocycles. The van der Waals surface area contributed by atoms with Crippen molar-refractivity contribution in [1.29, 1.82) is 0 Å². The van der Waals surface area contributed by atoms with E-state index in [4.69, 9.17) is 21.8 Å². The number of furan rings is 1. The van der Waals surface area contributed by atoms with Crippen LogP contribution in [0.2, 0.25) is 5.02 Å². The number of nitrogens with two attached hydrogens (primary N) is 1. The Morgan fingerprint density at radius 3 is 2.74 bits per heavy atom. The van der Waals surface area contributed by atoms with E-state index in [1.165, 1.54) is 0 Å². The summed E-state index contributed by atoms with van der Waals surface area (Å²) in [6.07, 6.45) is 1.73. The third kappa shape index (κ3) is 2.58. The van der Waals surface area contributed by atoms with Crippen molar-refractivity contribution in [2.45, 2.75) is 6.54 Å². The average Bonchev–Trinajstić information content (AvgIpc) is 2.93. The van der Waals surface area contributed by atoms with E-state index >= 15 is 0 Å². The Balaban J connectivity index is 1.75. The zero-order valence-corrected chi connectivity index (χ0v) is 13.0. The second-order valence-corrected chi connectivity index (χ2v) is 5.81. The Morgan fingerprint density at radius 1 is 1.09 bits per heavy atom. The van der Waals surface area contributed by atoms with Gasteiger partial charge in [-0.05, 0) is 42.0 Å². The van der Waals surface area contributed by atoms with Crippen LogP contribution in [0.4, 0.5) is 11.4 Å². The Labute approximate surface area is 137 Å². The molecule has 0 spiro atoms. The highest BCUT2D eigenvalue weighted by Gasteiger charge is 2.12. The molecule has 4 aromatic rings. The number of pyridine rings is 1. The Hall–Kier alpha value is -2.72. The predicted octanol–water partition coefficient (Wildman–Crippen LogP) is 4.83. The van der Waals surface area contributed by atoms with Crippen LogP contribution in [0, 0.1) is 0 Å². The number of nitrogens with zero attached hydrogens (tertiary/aromatic N) is 1. The van der Waals surface area contributed by atoms with Crippen LogP contribution in [0.25, 0.3) is 22.1 Å². The molecule has 2 aromatic carbocycles. The van der Waals surface area contributed by atoms with Crippen LogP contribution in [0.1, 0.15) is 5.56 Å². The van der Waals surface area contributed by atoms with Crippen LogP contribution < -0.4 is 11.1 Å². The Morgan fingerprint density at radius 2 is 1.91 bits per heavy atom. The summed E-state index contributed by atoms with van der Waals surface area (Å²) < 4.78 is 5.79. The highest BCUT2D eigenvalue weighted by molar-refractivity contribution is 6.30. The lowest BCUT2D eigenvalue weighted by molar-refractivity contribution is 0.654. The largest absolute Gasteiger partial charge is 0.438 e. The third-order valence-electron chi connectivity index (χ3n) is 3.79. The van der Waals surface area contributed by atoms with Crippen LogP contribution >= 0.6 is 11.6 Å². The van der Waals surface area contributed by atoms with Crippen LogP contribution in [0.15, 0.2) is 59.1 Å². The highest BCUT2D eigenvalue weighted by atomic mass is 35.5. The molecule has 0 aliphatic rings. The lowest BCUT2D eigenvalue weighted by Crippen LogP contribution is -1.99. The number of rotatable bonds is 3. The smallest absolute Gasteiger partial charge is 0.229 e. The van der Waals surface area contributed by atoms with Crippen molar-refractivity contribution in [2.75, 3.05) is 11.1 Å². The average molecular weight is 324 g/mol. The zero-order valence-electron chi connectivity index (χ0n) is 12.2. The van der Waals surface area contributed by atoms with Crippen LogP contribution in [-0.2, 0) is 6.54 Å². The number of hydrogen-bond donors (Lipinski definition) is 2. The molecule has 5 heteroatoms. The van der Waals surface area contributed by atoms with Gasteiger partial charge in [-0.2, -0.15) is 0 Å². The first kappa shape index (κ1) is 13.9. The summed E-state index contributed by atoms with van der Waals surface area (Å²) in [5.41, 5.74) is 10.1. The third-order valence-corrected chi connectivity index (χ3v) is 4.04. The van der Waals surface area contributed by atoms with Crippen LogP contribution in [-0.4, -0.2) is 4.98 Å². The second kappa shape index (κ2) is 5.48. The molecule has 0 aliphatic heterocycles. The SMILES string of the molecule is Nc1ccc2oc3nccc(NCc4ccc(Cl)cc4)c3c2c1. The van der Waals surface area contributed by atoms with Crippen molar-refractivity contribution < 1.29 is 4.42 Å². The maximum atomic E-state index is 5.92. The first-order chi connectivity index (χ1) is 11.2. The summed E-state index contributed by atoms with van der Waals surface area (Å²) in [6, 6.07) is 15.3. The first-order valence-corrected chi connectivity index (χ1v) is 7.63. The van der Waals surface area contributed by atoms with Gasteiger partial charge in [0.25, 0.3) is 0 Å². The molecule has 2 heterocycles. The lowest BCUT2D eigenvalue weighted by Gasteiger charge is -2.07. The van der Waals surface area contributed by atoms with Crippen LogP contribution in [0.5, 0.6) is 0 Å². The van der Waals surface area contributed by atoms with Gasteiger partial charge in [0.2, 0.25) is 5.71 Å². The van der Waals surface area contributed by atoms with Crippen molar-refractivity contribution in [1.82, 2.24) is 4.98 Å². The van der Waals surface area contributed by atoms with Crippen LogP contribution in [0.3, 0.4) is 0 Å². The second-order valence-electron chi connectivity index (χ2n) is 5.38. The standard InChI is InChI=1S/C18H14ClN3O/c19-12-3-1-11(2-4-12)10-22-15-7-8-21-18-17(15)14-9-13(20)5-6-16(14)23-18/h1-9H,10,20H2,(H,21,22). The molecule has 0 unspecified atom stereocenters. The van der Waals surface area contributed by atoms with Gasteiger partial charge in [-0.1, -0.05) is 23.7 Å². The Kier molecular flexibility index (Phi) is 3.32. The zero-order chi connectivity index (χ0) is 15.8. The van der Waals surface area contributed by atoms with E-state index in [0.717, 1.165) is 32.6 Å². The summed E-state index contributed by atoms with van der Waals surface area (Å²) >= 11 is 5.92. The van der Waals surface area contributed by atoms with Gasteiger partial charge >= 0.3 is 0 Å². The fourth-order valence-corrected chi connectivity index (χ4v) is 2.79. The molecule has 0 aliphatic carbocycles. The molecule has 114 valence electrons. The minimum atomic E-state index is 0.603. The molecule has 0 bridgehead atoms.